The molecule has 1 N–H and O–H groups in total. The minimum atomic E-state index is -5.00. The highest BCUT2D eigenvalue weighted by atomic mass is 19.4. The summed E-state index contributed by atoms with van der Waals surface area (Å²) < 4.78 is 93.3. The van der Waals surface area contributed by atoms with Gasteiger partial charge in [0.2, 0.25) is 0 Å². The fourth-order valence-corrected chi connectivity index (χ4v) is 3.36. The number of aromatic nitrogens is 2. The summed E-state index contributed by atoms with van der Waals surface area (Å²) in [6.07, 6.45) is -10.0. The highest BCUT2D eigenvalue weighted by Crippen LogP contribution is 2.36. The molecule has 4 aromatic rings. The molecule has 0 aliphatic heterocycles. The summed E-state index contributed by atoms with van der Waals surface area (Å²) in [5.74, 6) is -0.540. The Bertz CT molecular complexity index is 1380. The summed E-state index contributed by atoms with van der Waals surface area (Å²) in [5.41, 5.74) is -0.742. The summed E-state index contributed by atoms with van der Waals surface area (Å²) in [7, 11) is 0. The van der Waals surface area contributed by atoms with Gasteiger partial charge >= 0.3 is 12.4 Å². The maximum Gasteiger partial charge on any atom is 0.416 e. The van der Waals surface area contributed by atoms with Crippen molar-refractivity contribution in [1.82, 2.24) is 9.66 Å². The number of alkyl halides is 6. The molecule has 34 heavy (non-hydrogen) atoms. The van der Waals surface area contributed by atoms with Crippen LogP contribution in [0.25, 0.3) is 22.3 Å². The molecule has 1 heterocycles. The van der Waals surface area contributed by atoms with Crippen molar-refractivity contribution in [2.75, 3.05) is 5.43 Å². The predicted molar refractivity (Wildman–Crippen MR) is 111 cm³/mol. The molecular formula is C23H14F7N3O. The molecule has 0 unspecified atom stereocenters. The van der Waals surface area contributed by atoms with Gasteiger partial charge in [-0.25, -0.2) is 14.1 Å². The van der Waals surface area contributed by atoms with Gasteiger partial charge in [-0.3, -0.25) is 4.79 Å². The Morgan fingerprint density at radius 1 is 0.824 bits per heavy atom. The topological polar surface area (TPSA) is 46.9 Å². The molecular weight excluding hydrogens is 467 g/mol. The molecule has 0 radical (unpaired) electrons. The normalized spacial score (nSPS) is 12.2. The lowest BCUT2D eigenvalue weighted by Gasteiger charge is -2.18. The second kappa shape index (κ2) is 8.47. The highest BCUT2D eigenvalue weighted by molar-refractivity contribution is 5.79. The Labute approximate surface area is 187 Å². The highest BCUT2D eigenvalue weighted by Gasteiger charge is 2.36. The Morgan fingerprint density at radius 2 is 1.41 bits per heavy atom. The monoisotopic (exact) mass is 481 g/mol. The van der Waals surface area contributed by atoms with Crippen molar-refractivity contribution in [2.24, 2.45) is 0 Å². The van der Waals surface area contributed by atoms with Crippen LogP contribution in [-0.2, 0) is 18.9 Å². The van der Waals surface area contributed by atoms with E-state index < -0.39 is 41.4 Å². The molecule has 0 bridgehead atoms. The van der Waals surface area contributed by atoms with Gasteiger partial charge < -0.3 is 5.43 Å². The van der Waals surface area contributed by atoms with Crippen molar-refractivity contribution in [2.45, 2.75) is 18.9 Å². The van der Waals surface area contributed by atoms with Crippen molar-refractivity contribution < 1.29 is 30.7 Å². The second-order valence-electron chi connectivity index (χ2n) is 7.35. The minimum absolute atomic E-state index is 0.00622. The van der Waals surface area contributed by atoms with Gasteiger partial charge in [0, 0.05) is 5.56 Å². The number of hydrogen-bond donors (Lipinski definition) is 1. The zero-order chi connectivity index (χ0) is 24.7. The van der Waals surface area contributed by atoms with Crippen LogP contribution in [0.3, 0.4) is 0 Å². The summed E-state index contributed by atoms with van der Waals surface area (Å²) in [6, 6.07) is 12.4. The van der Waals surface area contributed by atoms with E-state index in [1.54, 1.807) is 18.2 Å². The van der Waals surface area contributed by atoms with Gasteiger partial charge in [0.05, 0.1) is 28.6 Å². The van der Waals surface area contributed by atoms with E-state index in [1.807, 2.05) is 0 Å². The third-order valence-electron chi connectivity index (χ3n) is 4.97. The Morgan fingerprint density at radius 3 is 2.00 bits per heavy atom. The van der Waals surface area contributed by atoms with Gasteiger partial charge in [0.25, 0.3) is 5.56 Å². The molecule has 0 fully saturated rings. The van der Waals surface area contributed by atoms with Crippen molar-refractivity contribution >= 4 is 10.9 Å². The number of rotatable bonds is 4. The van der Waals surface area contributed by atoms with Gasteiger partial charge in [-0.2, -0.15) is 26.3 Å². The van der Waals surface area contributed by atoms with Crippen LogP contribution in [0.2, 0.25) is 0 Å². The van der Waals surface area contributed by atoms with E-state index in [-0.39, 0.29) is 22.8 Å². The largest absolute Gasteiger partial charge is 0.416 e. The van der Waals surface area contributed by atoms with E-state index in [1.165, 1.54) is 18.2 Å². The van der Waals surface area contributed by atoms with Crippen LogP contribution in [-0.4, -0.2) is 9.66 Å². The number of halogens is 7. The molecule has 3 aromatic carbocycles. The second-order valence-corrected chi connectivity index (χ2v) is 7.35. The SMILES string of the molecule is O=c1c2ccccc2nc(-c2ccc(F)cc2)n1NCc1cc(C(F)(F)F)cc(C(F)(F)F)c1. The third-order valence-corrected chi connectivity index (χ3v) is 4.97. The van der Waals surface area contributed by atoms with E-state index in [9.17, 15) is 35.5 Å². The molecule has 0 spiro atoms. The number of fused-ring (bicyclic) bond motifs is 1. The van der Waals surface area contributed by atoms with Gasteiger partial charge in [0.15, 0.2) is 5.82 Å². The van der Waals surface area contributed by atoms with Gasteiger partial charge in [0.1, 0.15) is 5.82 Å². The van der Waals surface area contributed by atoms with Crippen molar-refractivity contribution in [3.8, 4) is 11.4 Å². The molecule has 4 nitrogen and oxygen atoms in total. The summed E-state index contributed by atoms with van der Waals surface area (Å²) >= 11 is 0. The molecule has 4 rings (SSSR count). The minimum Gasteiger partial charge on any atom is -0.317 e. The molecule has 0 aliphatic rings. The molecule has 1 aromatic heterocycles. The van der Waals surface area contributed by atoms with E-state index in [0.717, 1.165) is 16.8 Å². The van der Waals surface area contributed by atoms with Gasteiger partial charge in [-0.15, -0.1) is 0 Å². The maximum atomic E-state index is 13.4. The first-order chi connectivity index (χ1) is 15.9. The predicted octanol–water partition coefficient (Wildman–Crippen LogP) is 5.98. The standard InChI is InChI=1S/C23H14F7N3O/c24-17-7-5-14(6-8-17)20-32-19-4-2-1-3-18(19)21(34)33(20)31-12-13-9-15(22(25,26)27)11-16(10-13)23(28,29)30/h1-11,31H,12H2. The third kappa shape index (κ3) is 4.73. The zero-order valence-corrected chi connectivity index (χ0v) is 17.0. The molecule has 0 atom stereocenters. The fourth-order valence-electron chi connectivity index (χ4n) is 3.36. The number of nitrogens with one attached hydrogen (secondary N) is 1. The van der Waals surface area contributed by atoms with Crippen molar-refractivity contribution in [1.29, 1.82) is 0 Å². The first-order valence-electron chi connectivity index (χ1n) is 9.73. The molecule has 11 heteroatoms. The van der Waals surface area contributed by atoms with Crippen LogP contribution in [0.5, 0.6) is 0 Å². The molecule has 0 saturated carbocycles. The van der Waals surface area contributed by atoms with E-state index >= 15 is 0 Å². The number of nitrogens with zero attached hydrogens (tertiary/aromatic N) is 2. The Balaban J connectivity index is 1.81. The van der Waals surface area contributed by atoms with Crippen LogP contribution in [0.15, 0.2) is 71.5 Å². The van der Waals surface area contributed by atoms with E-state index in [2.05, 4.69) is 10.4 Å². The van der Waals surface area contributed by atoms with Crippen LogP contribution >= 0.6 is 0 Å². The Hall–Kier alpha value is -3.89. The molecule has 0 amide bonds. The van der Waals surface area contributed by atoms with Crippen LogP contribution in [0.1, 0.15) is 16.7 Å². The fraction of sp³-hybridized carbons (Fsp3) is 0.130. The van der Waals surface area contributed by atoms with Crippen LogP contribution in [0.4, 0.5) is 30.7 Å². The first-order valence-corrected chi connectivity index (χ1v) is 9.73. The average Bonchev–Trinajstić information content (AvgIpc) is 2.77. The molecule has 176 valence electrons. The summed E-state index contributed by atoms with van der Waals surface area (Å²) in [4.78, 5) is 17.5. The van der Waals surface area contributed by atoms with Gasteiger partial charge in [-0.1, -0.05) is 12.1 Å². The van der Waals surface area contributed by atoms with Crippen LogP contribution in [0, 0.1) is 5.82 Å². The number of para-hydroxylation sites is 1. The van der Waals surface area contributed by atoms with Crippen molar-refractivity contribution in [3.05, 3.63) is 99.6 Å². The smallest absolute Gasteiger partial charge is 0.317 e. The Kier molecular flexibility index (Phi) is 5.80. The molecule has 0 aliphatic carbocycles. The van der Waals surface area contributed by atoms with E-state index in [0.29, 0.717) is 23.2 Å². The van der Waals surface area contributed by atoms with Crippen LogP contribution < -0.4 is 11.0 Å². The van der Waals surface area contributed by atoms with Crippen molar-refractivity contribution in [3.63, 3.8) is 0 Å². The first kappa shape index (κ1) is 23.3. The maximum absolute atomic E-state index is 13.4. The molecule has 0 saturated heterocycles. The lowest BCUT2D eigenvalue weighted by atomic mass is 10.0. The lowest BCUT2D eigenvalue weighted by Crippen LogP contribution is -2.31. The quantitative estimate of drug-likeness (QED) is 0.365. The zero-order valence-electron chi connectivity index (χ0n) is 17.0. The van der Waals surface area contributed by atoms with E-state index in [4.69, 9.17) is 0 Å². The number of hydrogen-bond acceptors (Lipinski definition) is 3. The average molecular weight is 481 g/mol. The van der Waals surface area contributed by atoms with Gasteiger partial charge in [-0.05, 0) is 60.2 Å². The summed E-state index contributed by atoms with van der Waals surface area (Å²) in [5, 5.41) is 0.167. The lowest BCUT2D eigenvalue weighted by molar-refractivity contribution is -0.143. The number of benzene rings is 3. The summed E-state index contributed by atoms with van der Waals surface area (Å²) in [6.45, 7) is -0.554.